The van der Waals surface area contributed by atoms with Gasteiger partial charge in [0.1, 0.15) is 0 Å². The molecule has 0 saturated carbocycles. The number of anilines is 1. The second-order valence-electron chi connectivity index (χ2n) is 4.65. The molecule has 0 aliphatic carbocycles. The van der Waals surface area contributed by atoms with E-state index >= 15 is 0 Å². The molecule has 0 fully saturated rings. The minimum atomic E-state index is -1.05. The summed E-state index contributed by atoms with van der Waals surface area (Å²) in [6.07, 6.45) is 1.27. The molecule has 1 aromatic rings. The van der Waals surface area contributed by atoms with Gasteiger partial charge in [-0.2, -0.15) is 0 Å². The molecule has 0 saturated heterocycles. The molecule has 110 valence electrons. The molecule has 6 heteroatoms. The topological polar surface area (TPSA) is 92.4 Å². The van der Waals surface area contributed by atoms with Crippen LogP contribution in [0.3, 0.4) is 0 Å². The van der Waals surface area contributed by atoms with Crippen molar-refractivity contribution in [1.29, 1.82) is 0 Å². The Morgan fingerprint density at radius 3 is 2.40 bits per heavy atom. The lowest BCUT2D eigenvalue weighted by Gasteiger charge is -2.28. The van der Waals surface area contributed by atoms with Crippen LogP contribution in [0.5, 0.6) is 0 Å². The summed E-state index contributed by atoms with van der Waals surface area (Å²) in [5.74, 6) is -1.23. The normalized spacial score (nSPS) is 11.2. The SMILES string of the molecule is CCC(CC)(CN)C(=O)Nc1ccc(Br)c(C(=O)O)c1. The second kappa shape index (κ2) is 6.85. The summed E-state index contributed by atoms with van der Waals surface area (Å²) >= 11 is 3.16. The fraction of sp³-hybridized carbons (Fsp3) is 0.429. The van der Waals surface area contributed by atoms with E-state index in [1.807, 2.05) is 13.8 Å². The van der Waals surface area contributed by atoms with Crippen molar-refractivity contribution in [3.63, 3.8) is 0 Å². The van der Waals surface area contributed by atoms with Gasteiger partial charge in [0.05, 0.1) is 11.0 Å². The number of carboxylic acids is 1. The molecule has 5 nitrogen and oxygen atoms in total. The highest BCUT2D eigenvalue weighted by Gasteiger charge is 2.33. The Kier molecular flexibility index (Phi) is 5.71. The van der Waals surface area contributed by atoms with Crippen molar-refractivity contribution in [2.45, 2.75) is 26.7 Å². The van der Waals surface area contributed by atoms with Crippen molar-refractivity contribution >= 4 is 33.5 Å². The Bertz CT molecular complexity index is 505. The Morgan fingerprint density at radius 2 is 1.95 bits per heavy atom. The van der Waals surface area contributed by atoms with Gasteiger partial charge < -0.3 is 16.2 Å². The number of rotatable bonds is 6. The van der Waals surface area contributed by atoms with Gasteiger partial charge in [0, 0.05) is 16.7 Å². The van der Waals surface area contributed by atoms with E-state index in [0.29, 0.717) is 23.0 Å². The lowest BCUT2D eigenvalue weighted by molar-refractivity contribution is -0.125. The zero-order valence-electron chi connectivity index (χ0n) is 11.6. The Hall–Kier alpha value is -1.40. The van der Waals surface area contributed by atoms with Gasteiger partial charge in [0.25, 0.3) is 0 Å². The maximum Gasteiger partial charge on any atom is 0.336 e. The van der Waals surface area contributed by atoms with Crippen molar-refractivity contribution in [2.75, 3.05) is 11.9 Å². The Morgan fingerprint density at radius 1 is 1.35 bits per heavy atom. The van der Waals surface area contributed by atoms with Crippen LogP contribution in [0, 0.1) is 5.41 Å². The molecule has 1 aromatic carbocycles. The van der Waals surface area contributed by atoms with Crippen LogP contribution in [0.4, 0.5) is 5.69 Å². The predicted octanol–water partition coefficient (Wildman–Crippen LogP) is 2.85. The first-order chi connectivity index (χ1) is 9.40. The molecule has 20 heavy (non-hydrogen) atoms. The van der Waals surface area contributed by atoms with E-state index in [2.05, 4.69) is 21.2 Å². The van der Waals surface area contributed by atoms with Crippen LogP contribution in [0.25, 0.3) is 0 Å². The number of nitrogens with two attached hydrogens (primary N) is 1. The minimum absolute atomic E-state index is 0.106. The molecule has 0 spiro atoms. The second-order valence-corrected chi connectivity index (χ2v) is 5.50. The lowest BCUT2D eigenvalue weighted by atomic mass is 9.81. The van der Waals surface area contributed by atoms with Crippen LogP contribution in [0.2, 0.25) is 0 Å². The van der Waals surface area contributed by atoms with Crippen molar-refractivity contribution in [1.82, 2.24) is 0 Å². The van der Waals surface area contributed by atoms with Gasteiger partial charge >= 0.3 is 5.97 Å². The van der Waals surface area contributed by atoms with Gasteiger partial charge in [-0.3, -0.25) is 4.79 Å². The molecule has 0 bridgehead atoms. The summed E-state index contributed by atoms with van der Waals surface area (Å²) in [6, 6.07) is 4.68. The Balaban J connectivity index is 3.02. The smallest absolute Gasteiger partial charge is 0.336 e. The van der Waals surface area contributed by atoms with Crippen molar-refractivity contribution in [3.8, 4) is 0 Å². The number of aromatic carboxylic acids is 1. The molecule has 1 amide bonds. The van der Waals surface area contributed by atoms with Gasteiger partial charge in [-0.25, -0.2) is 4.79 Å². The molecule has 0 atom stereocenters. The first kappa shape index (κ1) is 16.7. The zero-order valence-corrected chi connectivity index (χ0v) is 13.2. The average Bonchev–Trinajstić information content (AvgIpc) is 2.43. The van der Waals surface area contributed by atoms with Crippen LogP contribution in [0.1, 0.15) is 37.0 Å². The van der Waals surface area contributed by atoms with Crippen LogP contribution >= 0.6 is 15.9 Å². The van der Waals surface area contributed by atoms with Crippen LogP contribution in [-0.2, 0) is 4.79 Å². The number of carbonyl (C=O) groups excluding carboxylic acids is 1. The number of carbonyl (C=O) groups is 2. The summed E-state index contributed by atoms with van der Waals surface area (Å²) in [7, 11) is 0. The summed E-state index contributed by atoms with van der Waals surface area (Å²) in [6.45, 7) is 4.09. The van der Waals surface area contributed by atoms with E-state index in [1.54, 1.807) is 12.1 Å². The van der Waals surface area contributed by atoms with Gasteiger partial charge in [-0.05, 0) is 47.0 Å². The summed E-state index contributed by atoms with van der Waals surface area (Å²) < 4.78 is 0.471. The largest absolute Gasteiger partial charge is 0.478 e. The highest BCUT2D eigenvalue weighted by atomic mass is 79.9. The summed E-state index contributed by atoms with van der Waals surface area (Å²) in [5, 5.41) is 11.8. The van der Waals surface area contributed by atoms with Crippen molar-refractivity contribution in [2.24, 2.45) is 11.1 Å². The molecule has 0 radical (unpaired) electrons. The number of carboxylic acid groups (broad SMARTS) is 1. The third-order valence-electron chi connectivity index (χ3n) is 3.68. The van der Waals surface area contributed by atoms with Crippen LogP contribution < -0.4 is 11.1 Å². The van der Waals surface area contributed by atoms with E-state index in [0.717, 1.165) is 0 Å². The van der Waals surface area contributed by atoms with Gasteiger partial charge in [0.2, 0.25) is 5.91 Å². The molecule has 1 rings (SSSR count). The zero-order chi connectivity index (χ0) is 15.3. The van der Waals surface area contributed by atoms with E-state index in [4.69, 9.17) is 10.8 Å². The highest BCUT2D eigenvalue weighted by Crippen LogP contribution is 2.28. The fourth-order valence-corrected chi connectivity index (χ4v) is 2.40. The summed E-state index contributed by atoms with van der Waals surface area (Å²) in [4.78, 5) is 23.4. The first-order valence-corrected chi connectivity index (χ1v) is 7.23. The number of halogens is 1. The lowest BCUT2D eigenvalue weighted by Crippen LogP contribution is -2.41. The molecular formula is C14H19BrN2O3. The molecule has 0 aliphatic rings. The molecule has 0 aromatic heterocycles. The maximum absolute atomic E-state index is 12.3. The van der Waals surface area contributed by atoms with E-state index in [9.17, 15) is 9.59 Å². The van der Waals surface area contributed by atoms with Gasteiger partial charge in [-0.1, -0.05) is 13.8 Å². The minimum Gasteiger partial charge on any atom is -0.478 e. The number of hydrogen-bond donors (Lipinski definition) is 3. The van der Waals surface area contributed by atoms with Gasteiger partial charge in [0.15, 0.2) is 0 Å². The monoisotopic (exact) mass is 342 g/mol. The molecule has 0 heterocycles. The standard InChI is InChI=1S/C14H19BrN2O3/c1-3-14(4-2,8-16)13(20)17-9-5-6-11(15)10(7-9)12(18)19/h5-7H,3-4,8,16H2,1-2H3,(H,17,20)(H,18,19). The Labute approximate surface area is 126 Å². The molecule has 0 aliphatic heterocycles. The number of hydrogen-bond acceptors (Lipinski definition) is 3. The first-order valence-electron chi connectivity index (χ1n) is 6.44. The molecule has 0 unspecified atom stereocenters. The predicted molar refractivity (Wildman–Crippen MR) is 81.8 cm³/mol. The average molecular weight is 343 g/mol. The maximum atomic E-state index is 12.3. The van der Waals surface area contributed by atoms with Crippen molar-refractivity contribution < 1.29 is 14.7 Å². The van der Waals surface area contributed by atoms with Crippen LogP contribution in [-0.4, -0.2) is 23.5 Å². The van der Waals surface area contributed by atoms with E-state index in [-0.39, 0.29) is 18.0 Å². The van der Waals surface area contributed by atoms with Crippen molar-refractivity contribution in [3.05, 3.63) is 28.2 Å². The number of nitrogens with one attached hydrogen (secondary N) is 1. The van der Waals surface area contributed by atoms with E-state index in [1.165, 1.54) is 6.07 Å². The third-order valence-corrected chi connectivity index (χ3v) is 4.37. The summed E-state index contributed by atoms with van der Waals surface area (Å²) in [5.41, 5.74) is 5.67. The molecular weight excluding hydrogens is 324 g/mol. The van der Waals surface area contributed by atoms with Crippen LogP contribution in [0.15, 0.2) is 22.7 Å². The van der Waals surface area contributed by atoms with E-state index < -0.39 is 11.4 Å². The fourth-order valence-electron chi connectivity index (χ4n) is 1.98. The molecule has 4 N–H and O–H groups in total. The number of amides is 1. The third kappa shape index (κ3) is 3.37. The highest BCUT2D eigenvalue weighted by molar-refractivity contribution is 9.10. The van der Waals surface area contributed by atoms with Gasteiger partial charge in [-0.15, -0.1) is 0 Å². The quantitative estimate of drug-likeness (QED) is 0.741. The number of benzene rings is 1.